The Kier molecular flexibility index (Phi) is 9.44. The maximum atomic E-state index is 13.0. The first kappa shape index (κ1) is 29.5. The Morgan fingerprint density at radius 3 is 2.70 bits per heavy atom. The van der Waals surface area contributed by atoms with Crippen molar-refractivity contribution in [3.05, 3.63) is 71.6 Å². The third-order valence-electron chi connectivity index (χ3n) is 5.81. The maximum Gasteiger partial charge on any atom is 0.416 e. The van der Waals surface area contributed by atoms with Crippen molar-refractivity contribution in [1.29, 1.82) is 0 Å². The molecule has 40 heavy (non-hydrogen) atoms. The number of hydrogen-bond acceptors (Lipinski definition) is 7. The van der Waals surface area contributed by atoms with Crippen LogP contribution in [-0.2, 0) is 17.5 Å². The van der Waals surface area contributed by atoms with Crippen molar-refractivity contribution in [1.82, 2.24) is 24.8 Å². The van der Waals surface area contributed by atoms with Gasteiger partial charge in [-0.05, 0) is 56.6 Å². The standard InChI is InChI=1S/C27H28ClF3N6O2S/c1-36(2)15-20(40)14-24(38)32-9-11-37-10-8-22-25(37)26(34-16-33-22)35-18-6-7-23(21(28)13-18)39-19-5-3-4-17(12-19)27(29,30)31/h3-8,10,12-13,16,20,40H,9,11,14-15H2,1-2H3,(H,32,38)(H,33,34,35)/t20-/m1/s1. The van der Waals surface area contributed by atoms with Crippen molar-refractivity contribution in [2.75, 3.05) is 32.5 Å². The molecule has 13 heteroatoms. The molecule has 2 heterocycles. The number of hydrogen-bond donors (Lipinski definition) is 3. The highest BCUT2D eigenvalue weighted by Crippen LogP contribution is 2.36. The van der Waals surface area contributed by atoms with Gasteiger partial charge < -0.3 is 24.8 Å². The van der Waals surface area contributed by atoms with E-state index >= 15 is 0 Å². The number of benzene rings is 2. The summed E-state index contributed by atoms with van der Waals surface area (Å²) < 4.78 is 46.6. The van der Waals surface area contributed by atoms with E-state index in [2.05, 4.69) is 33.2 Å². The minimum absolute atomic E-state index is 0.0162. The van der Waals surface area contributed by atoms with Gasteiger partial charge in [0, 0.05) is 43.2 Å². The fourth-order valence-electron chi connectivity index (χ4n) is 4.06. The predicted molar refractivity (Wildman–Crippen MR) is 153 cm³/mol. The van der Waals surface area contributed by atoms with Crippen LogP contribution >= 0.6 is 24.2 Å². The van der Waals surface area contributed by atoms with Gasteiger partial charge in [-0.1, -0.05) is 17.7 Å². The second-order valence-electron chi connectivity index (χ2n) is 9.33. The summed E-state index contributed by atoms with van der Waals surface area (Å²) in [7, 11) is 3.87. The van der Waals surface area contributed by atoms with Crippen LogP contribution in [0.1, 0.15) is 12.0 Å². The lowest BCUT2D eigenvalue weighted by molar-refractivity contribution is -0.137. The van der Waals surface area contributed by atoms with Crippen LogP contribution in [0, 0.1) is 0 Å². The van der Waals surface area contributed by atoms with Gasteiger partial charge in [0.25, 0.3) is 0 Å². The second kappa shape index (κ2) is 12.8. The molecule has 0 bridgehead atoms. The summed E-state index contributed by atoms with van der Waals surface area (Å²) >= 11 is 10.9. The van der Waals surface area contributed by atoms with Gasteiger partial charge in [-0.15, -0.1) is 0 Å². The minimum Gasteiger partial charge on any atom is -0.456 e. The molecule has 0 aliphatic rings. The lowest BCUT2D eigenvalue weighted by atomic mass is 10.2. The van der Waals surface area contributed by atoms with Crippen molar-refractivity contribution in [3.8, 4) is 11.5 Å². The van der Waals surface area contributed by atoms with E-state index in [4.69, 9.17) is 16.3 Å². The Labute approximate surface area is 239 Å². The number of anilines is 2. The number of aromatic nitrogens is 3. The molecule has 0 radical (unpaired) electrons. The number of fused-ring (bicyclic) bond motifs is 1. The van der Waals surface area contributed by atoms with Gasteiger partial charge in [0.1, 0.15) is 23.3 Å². The van der Waals surface area contributed by atoms with Crippen LogP contribution in [0.4, 0.5) is 24.7 Å². The number of carbonyl (C=O) groups excluding carboxylic acids is 1. The van der Waals surface area contributed by atoms with E-state index in [0.29, 0.717) is 43.1 Å². The highest BCUT2D eigenvalue weighted by molar-refractivity contribution is 7.81. The Balaban J connectivity index is 1.43. The van der Waals surface area contributed by atoms with E-state index in [1.807, 2.05) is 35.8 Å². The predicted octanol–water partition coefficient (Wildman–Crippen LogP) is 6.01. The fourth-order valence-corrected chi connectivity index (χ4v) is 4.77. The Morgan fingerprint density at radius 2 is 1.98 bits per heavy atom. The fraction of sp³-hybridized carbons (Fsp3) is 0.296. The van der Waals surface area contributed by atoms with E-state index < -0.39 is 11.7 Å². The third kappa shape index (κ3) is 7.80. The molecule has 212 valence electrons. The average Bonchev–Trinajstić information content (AvgIpc) is 3.29. The van der Waals surface area contributed by atoms with Gasteiger partial charge in [-0.3, -0.25) is 4.79 Å². The molecular weight excluding hydrogens is 565 g/mol. The van der Waals surface area contributed by atoms with Crippen molar-refractivity contribution in [2.45, 2.75) is 24.4 Å². The third-order valence-corrected chi connectivity index (χ3v) is 6.45. The second-order valence-corrected chi connectivity index (χ2v) is 10.5. The zero-order valence-electron chi connectivity index (χ0n) is 21.7. The molecule has 0 spiro atoms. The number of carbonyl (C=O) groups is 1. The van der Waals surface area contributed by atoms with Crippen molar-refractivity contribution >= 4 is 52.7 Å². The summed E-state index contributed by atoms with van der Waals surface area (Å²) in [5, 5.41) is 6.28. The maximum absolute atomic E-state index is 13.0. The molecule has 1 amide bonds. The summed E-state index contributed by atoms with van der Waals surface area (Å²) in [5.41, 5.74) is 1.21. The Hall–Kier alpha value is -3.48. The zero-order valence-corrected chi connectivity index (χ0v) is 23.4. The van der Waals surface area contributed by atoms with Gasteiger partial charge in [0.15, 0.2) is 5.82 Å². The molecule has 4 rings (SSSR count). The zero-order chi connectivity index (χ0) is 28.9. The van der Waals surface area contributed by atoms with Crippen LogP contribution in [0.5, 0.6) is 11.5 Å². The molecule has 8 nitrogen and oxygen atoms in total. The minimum atomic E-state index is -4.48. The van der Waals surface area contributed by atoms with Crippen molar-refractivity contribution in [2.24, 2.45) is 0 Å². The number of nitrogens with one attached hydrogen (secondary N) is 2. The number of alkyl halides is 3. The molecule has 0 aliphatic heterocycles. The number of thiol groups is 1. The first-order chi connectivity index (χ1) is 19.0. The first-order valence-electron chi connectivity index (χ1n) is 12.3. The van der Waals surface area contributed by atoms with Crippen LogP contribution < -0.4 is 15.4 Å². The number of ether oxygens (including phenoxy) is 1. The monoisotopic (exact) mass is 592 g/mol. The average molecular weight is 593 g/mol. The van der Waals surface area contributed by atoms with E-state index in [0.717, 1.165) is 17.6 Å². The molecular formula is C27H28ClF3N6O2S. The summed E-state index contributed by atoms with van der Waals surface area (Å²) in [5.74, 6) is 0.662. The summed E-state index contributed by atoms with van der Waals surface area (Å²) in [4.78, 5) is 22.9. The van der Waals surface area contributed by atoms with Crippen molar-refractivity contribution < 1.29 is 22.7 Å². The molecule has 1 atom stereocenters. The molecule has 2 N–H and O–H groups in total. The quantitative estimate of drug-likeness (QED) is 0.185. The lowest BCUT2D eigenvalue weighted by Crippen LogP contribution is -2.32. The lowest BCUT2D eigenvalue weighted by Gasteiger charge is -2.16. The van der Waals surface area contributed by atoms with E-state index in [-0.39, 0.29) is 27.7 Å². The van der Waals surface area contributed by atoms with Gasteiger partial charge in [0.05, 0.1) is 16.1 Å². The highest BCUT2D eigenvalue weighted by Gasteiger charge is 2.30. The van der Waals surface area contributed by atoms with Gasteiger partial charge in [-0.2, -0.15) is 25.8 Å². The first-order valence-corrected chi connectivity index (χ1v) is 13.2. The summed E-state index contributed by atoms with van der Waals surface area (Å²) in [6, 6.07) is 11.3. The molecule has 4 aromatic rings. The van der Waals surface area contributed by atoms with Gasteiger partial charge in [0.2, 0.25) is 5.91 Å². The number of nitrogens with zero attached hydrogens (tertiary/aromatic N) is 4. The van der Waals surface area contributed by atoms with Crippen LogP contribution in [0.2, 0.25) is 5.02 Å². The number of halogens is 4. The topological polar surface area (TPSA) is 84.3 Å². The van der Waals surface area contributed by atoms with Gasteiger partial charge in [-0.25, -0.2) is 9.97 Å². The van der Waals surface area contributed by atoms with E-state index in [1.165, 1.54) is 18.5 Å². The van der Waals surface area contributed by atoms with Crippen LogP contribution in [-0.4, -0.2) is 57.8 Å². The van der Waals surface area contributed by atoms with Crippen LogP contribution in [0.25, 0.3) is 11.0 Å². The Morgan fingerprint density at radius 1 is 1.18 bits per heavy atom. The molecule has 0 saturated heterocycles. The molecule has 0 saturated carbocycles. The van der Waals surface area contributed by atoms with E-state index in [9.17, 15) is 18.0 Å². The number of amides is 1. The molecule has 0 fully saturated rings. The molecule has 0 unspecified atom stereocenters. The Bertz CT molecular complexity index is 1480. The SMILES string of the molecule is CN(C)C[C@H](S)CC(=O)NCCn1ccc2ncnc(Nc3ccc(Oc4cccc(C(F)(F)F)c4)c(Cl)c3)c21. The van der Waals surface area contributed by atoms with Gasteiger partial charge >= 0.3 is 6.18 Å². The molecule has 0 aliphatic carbocycles. The summed E-state index contributed by atoms with van der Waals surface area (Å²) in [6.07, 6.45) is -0.868. The summed E-state index contributed by atoms with van der Waals surface area (Å²) in [6.45, 7) is 1.60. The normalized spacial score (nSPS) is 12.5. The van der Waals surface area contributed by atoms with Crippen molar-refractivity contribution in [3.63, 3.8) is 0 Å². The number of rotatable bonds is 11. The molecule has 2 aromatic carbocycles. The van der Waals surface area contributed by atoms with E-state index in [1.54, 1.807) is 18.2 Å². The molecule has 2 aromatic heterocycles. The van der Waals surface area contributed by atoms with Crippen LogP contribution in [0.15, 0.2) is 61.1 Å². The highest BCUT2D eigenvalue weighted by atomic mass is 35.5. The largest absolute Gasteiger partial charge is 0.456 e. The smallest absolute Gasteiger partial charge is 0.416 e. The van der Waals surface area contributed by atoms with Crippen LogP contribution in [0.3, 0.4) is 0 Å².